The van der Waals surface area contributed by atoms with Gasteiger partial charge in [-0.15, -0.1) is 0 Å². The van der Waals surface area contributed by atoms with E-state index >= 15 is 0 Å². The van der Waals surface area contributed by atoms with Crippen molar-refractivity contribution in [3.05, 3.63) is 65.0 Å². The van der Waals surface area contributed by atoms with Gasteiger partial charge in [0, 0.05) is 37.9 Å². The molecule has 4 rings (SSSR count). The van der Waals surface area contributed by atoms with Gasteiger partial charge in [-0.05, 0) is 29.7 Å². The van der Waals surface area contributed by atoms with Gasteiger partial charge < -0.3 is 14.5 Å². The van der Waals surface area contributed by atoms with Crippen LogP contribution < -0.4 is 0 Å². The highest BCUT2D eigenvalue weighted by atomic mass is 16.5. The molecule has 0 atom stereocenters. The van der Waals surface area contributed by atoms with Crippen molar-refractivity contribution in [2.24, 2.45) is 0 Å². The van der Waals surface area contributed by atoms with E-state index in [4.69, 9.17) is 4.74 Å². The van der Waals surface area contributed by atoms with Crippen LogP contribution in [0.4, 0.5) is 0 Å². The molecule has 0 radical (unpaired) electrons. The number of pyridine rings is 1. The third-order valence-corrected chi connectivity index (χ3v) is 4.94. The molecular formula is C20H21N3O3. The first-order valence-corrected chi connectivity index (χ1v) is 8.91. The molecule has 2 aliphatic rings. The summed E-state index contributed by atoms with van der Waals surface area (Å²) in [5.74, 6) is -0.204. The second kappa shape index (κ2) is 7.25. The molecule has 1 aromatic heterocycles. The van der Waals surface area contributed by atoms with E-state index in [2.05, 4.69) is 17.1 Å². The molecule has 1 fully saturated rings. The highest BCUT2D eigenvalue weighted by molar-refractivity contribution is 5.98. The fourth-order valence-electron chi connectivity index (χ4n) is 3.46. The van der Waals surface area contributed by atoms with E-state index in [1.54, 1.807) is 28.1 Å². The summed E-state index contributed by atoms with van der Waals surface area (Å²) in [6, 6.07) is 11.5. The van der Waals surface area contributed by atoms with Gasteiger partial charge in [0.2, 0.25) is 0 Å². The van der Waals surface area contributed by atoms with Crippen LogP contribution in [-0.2, 0) is 17.7 Å². The third-order valence-electron chi connectivity index (χ3n) is 4.94. The Hall–Kier alpha value is -2.73. The van der Waals surface area contributed by atoms with Gasteiger partial charge in [-0.3, -0.25) is 14.6 Å². The van der Waals surface area contributed by atoms with Crippen molar-refractivity contribution in [2.75, 3.05) is 32.8 Å². The fraction of sp³-hybridized carbons (Fsp3) is 0.350. The first kappa shape index (κ1) is 16.7. The smallest absolute Gasteiger partial charge is 0.272 e. The predicted octanol–water partition coefficient (Wildman–Crippen LogP) is 1.75. The summed E-state index contributed by atoms with van der Waals surface area (Å²) >= 11 is 0. The summed E-state index contributed by atoms with van der Waals surface area (Å²) < 4.78 is 5.29. The third kappa shape index (κ3) is 3.32. The average molecular weight is 351 g/mol. The molecule has 1 aromatic carbocycles. The molecule has 0 aliphatic carbocycles. The van der Waals surface area contributed by atoms with E-state index in [1.807, 2.05) is 12.1 Å². The predicted molar refractivity (Wildman–Crippen MR) is 95.8 cm³/mol. The Morgan fingerprint density at radius 3 is 2.50 bits per heavy atom. The van der Waals surface area contributed by atoms with Gasteiger partial charge in [0.05, 0.1) is 13.2 Å². The maximum atomic E-state index is 12.9. The number of benzene rings is 1. The second-order valence-electron chi connectivity index (χ2n) is 6.58. The Morgan fingerprint density at radius 1 is 0.923 bits per heavy atom. The molecule has 2 amide bonds. The monoisotopic (exact) mass is 351 g/mol. The number of hydrogen-bond donors (Lipinski definition) is 0. The minimum absolute atomic E-state index is 0.0752. The number of morpholine rings is 1. The summed E-state index contributed by atoms with van der Waals surface area (Å²) in [4.78, 5) is 33.3. The topological polar surface area (TPSA) is 62.7 Å². The van der Waals surface area contributed by atoms with Crippen molar-refractivity contribution in [3.8, 4) is 0 Å². The van der Waals surface area contributed by atoms with Gasteiger partial charge in [0.15, 0.2) is 0 Å². The van der Waals surface area contributed by atoms with Crippen LogP contribution in [0.5, 0.6) is 0 Å². The van der Waals surface area contributed by atoms with Gasteiger partial charge in [-0.2, -0.15) is 0 Å². The Balaban J connectivity index is 1.51. The summed E-state index contributed by atoms with van der Waals surface area (Å²) in [5, 5.41) is 0. The summed E-state index contributed by atoms with van der Waals surface area (Å²) in [6.45, 7) is 3.50. The summed E-state index contributed by atoms with van der Waals surface area (Å²) in [6.07, 6.45) is 2.38. The van der Waals surface area contributed by atoms with Crippen molar-refractivity contribution < 1.29 is 14.3 Å². The minimum atomic E-state index is -0.129. The zero-order valence-corrected chi connectivity index (χ0v) is 14.6. The Bertz CT molecular complexity index is 831. The normalized spacial score (nSPS) is 16.9. The SMILES string of the molecule is O=C(c1ccnc(C(=O)N2CCc3ccccc3C2)c1)N1CCOCC1. The second-order valence-corrected chi connectivity index (χ2v) is 6.58. The molecule has 134 valence electrons. The number of aromatic nitrogens is 1. The maximum absolute atomic E-state index is 12.9. The lowest BCUT2D eigenvalue weighted by Crippen LogP contribution is -2.41. The first-order valence-electron chi connectivity index (χ1n) is 8.91. The molecule has 6 heteroatoms. The summed E-state index contributed by atoms with van der Waals surface area (Å²) in [7, 11) is 0. The van der Waals surface area contributed by atoms with Crippen molar-refractivity contribution >= 4 is 11.8 Å². The van der Waals surface area contributed by atoms with Crippen molar-refractivity contribution in [1.29, 1.82) is 0 Å². The average Bonchev–Trinajstić information content (AvgIpc) is 2.73. The largest absolute Gasteiger partial charge is 0.378 e. The highest BCUT2D eigenvalue weighted by Gasteiger charge is 2.24. The van der Waals surface area contributed by atoms with E-state index in [9.17, 15) is 9.59 Å². The number of amides is 2. The number of hydrogen-bond acceptors (Lipinski definition) is 4. The molecule has 0 saturated carbocycles. The highest BCUT2D eigenvalue weighted by Crippen LogP contribution is 2.20. The van der Waals surface area contributed by atoms with Crippen LogP contribution >= 0.6 is 0 Å². The van der Waals surface area contributed by atoms with Gasteiger partial charge in [0.25, 0.3) is 11.8 Å². The molecule has 0 unspecified atom stereocenters. The fourth-order valence-corrected chi connectivity index (χ4v) is 3.46. The molecule has 2 aliphatic heterocycles. The van der Waals surface area contributed by atoms with E-state index < -0.39 is 0 Å². The first-order chi connectivity index (χ1) is 12.7. The van der Waals surface area contributed by atoms with E-state index in [-0.39, 0.29) is 11.8 Å². The Labute approximate surface area is 152 Å². The van der Waals surface area contributed by atoms with E-state index in [0.717, 1.165) is 6.42 Å². The summed E-state index contributed by atoms with van der Waals surface area (Å²) in [5.41, 5.74) is 3.29. The molecule has 2 aromatic rings. The lowest BCUT2D eigenvalue weighted by Gasteiger charge is -2.29. The molecule has 1 saturated heterocycles. The minimum Gasteiger partial charge on any atom is -0.378 e. The van der Waals surface area contributed by atoms with Gasteiger partial charge in [-0.1, -0.05) is 24.3 Å². The molecular weight excluding hydrogens is 330 g/mol. The molecule has 3 heterocycles. The van der Waals surface area contributed by atoms with Crippen LogP contribution in [-0.4, -0.2) is 59.4 Å². The number of carbonyl (C=O) groups is 2. The van der Waals surface area contributed by atoms with Gasteiger partial charge in [-0.25, -0.2) is 0 Å². The molecule has 6 nitrogen and oxygen atoms in total. The van der Waals surface area contributed by atoms with Crippen LogP contribution in [0.2, 0.25) is 0 Å². The number of carbonyl (C=O) groups excluding carboxylic acids is 2. The molecule has 0 N–H and O–H groups in total. The zero-order chi connectivity index (χ0) is 17.9. The van der Waals surface area contributed by atoms with Gasteiger partial charge in [0.1, 0.15) is 5.69 Å². The molecule has 0 bridgehead atoms. The van der Waals surface area contributed by atoms with E-state index in [1.165, 1.54) is 11.1 Å². The number of fused-ring (bicyclic) bond motifs is 1. The lowest BCUT2D eigenvalue weighted by atomic mass is 9.99. The van der Waals surface area contributed by atoms with Crippen LogP contribution in [0.1, 0.15) is 32.0 Å². The lowest BCUT2D eigenvalue weighted by molar-refractivity contribution is 0.0303. The van der Waals surface area contributed by atoms with E-state index in [0.29, 0.717) is 50.7 Å². The quantitative estimate of drug-likeness (QED) is 0.827. The van der Waals surface area contributed by atoms with Crippen LogP contribution in [0.15, 0.2) is 42.6 Å². The van der Waals surface area contributed by atoms with Crippen molar-refractivity contribution in [2.45, 2.75) is 13.0 Å². The van der Waals surface area contributed by atoms with Crippen LogP contribution in [0, 0.1) is 0 Å². The van der Waals surface area contributed by atoms with Gasteiger partial charge >= 0.3 is 0 Å². The number of ether oxygens (including phenoxy) is 1. The van der Waals surface area contributed by atoms with Crippen LogP contribution in [0.25, 0.3) is 0 Å². The number of rotatable bonds is 2. The maximum Gasteiger partial charge on any atom is 0.272 e. The van der Waals surface area contributed by atoms with Crippen molar-refractivity contribution in [1.82, 2.24) is 14.8 Å². The zero-order valence-electron chi connectivity index (χ0n) is 14.6. The Kier molecular flexibility index (Phi) is 4.67. The standard InChI is InChI=1S/C20H21N3O3/c24-19(22-9-11-26-12-10-22)16-5-7-21-18(13-16)20(25)23-8-6-15-3-1-2-4-17(15)14-23/h1-5,7,13H,6,8-12,14H2. The molecule has 0 spiro atoms. The Morgan fingerprint density at radius 2 is 1.69 bits per heavy atom. The number of nitrogens with zero attached hydrogens (tertiary/aromatic N) is 3. The van der Waals surface area contributed by atoms with Crippen molar-refractivity contribution in [3.63, 3.8) is 0 Å². The van der Waals surface area contributed by atoms with Crippen LogP contribution in [0.3, 0.4) is 0 Å². The molecule has 26 heavy (non-hydrogen) atoms.